The molecule has 124 valence electrons. The third kappa shape index (κ3) is 2.41. The lowest BCUT2D eigenvalue weighted by Crippen LogP contribution is -2.09. The Morgan fingerprint density at radius 1 is 1.12 bits per heavy atom. The average Bonchev–Trinajstić information content (AvgIpc) is 2.98. The number of nitrogen functional groups attached to an aromatic ring is 1. The van der Waals surface area contributed by atoms with E-state index in [0.29, 0.717) is 5.39 Å². The van der Waals surface area contributed by atoms with Crippen LogP contribution in [0.15, 0.2) is 28.8 Å². The van der Waals surface area contributed by atoms with Crippen molar-refractivity contribution in [1.29, 1.82) is 0 Å². The summed E-state index contributed by atoms with van der Waals surface area (Å²) in [6.07, 6.45) is 1.32. The fraction of sp³-hybridized carbons (Fsp3) is 0.125. The highest BCUT2D eigenvalue weighted by Gasteiger charge is 2.28. The van der Waals surface area contributed by atoms with Gasteiger partial charge in [-0.05, 0) is 12.1 Å². The van der Waals surface area contributed by atoms with Crippen molar-refractivity contribution in [3.05, 3.63) is 47.4 Å². The number of ketones is 1. The average molecular weight is 334 g/mol. The minimum absolute atomic E-state index is 0.225. The molecule has 0 saturated heterocycles. The molecule has 8 heteroatoms. The van der Waals surface area contributed by atoms with Crippen molar-refractivity contribution in [2.24, 2.45) is 0 Å². The van der Waals surface area contributed by atoms with Crippen molar-refractivity contribution in [1.82, 2.24) is 4.98 Å². The molecular formula is C16H12F2N2O4. The predicted molar refractivity (Wildman–Crippen MR) is 81.3 cm³/mol. The van der Waals surface area contributed by atoms with E-state index in [1.165, 1.54) is 32.5 Å². The molecule has 0 aliphatic heterocycles. The Morgan fingerprint density at radius 2 is 1.75 bits per heavy atom. The SMILES string of the molecule is COc1cc(OC)c(F)c(C(=O)c2cc3cc(N)ncc3o2)c1F. The van der Waals surface area contributed by atoms with Crippen molar-refractivity contribution in [2.45, 2.75) is 0 Å². The Balaban J connectivity index is 2.18. The molecule has 3 rings (SSSR count). The first kappa shape index (κ1) is 15.7. The number of methoxy groups -OCH3 is 2. The number of fused-ring (bicyclic) bond motifs is 1. The minimum Gasteiger partial charge on any atom is -0.494 e. The Kier molecular flexibility index (Phi) is 3.80. The standard InChI is InChI=1S/C16H12F2N2O4/c1-22-8-5-9(23-2)15(18)13(14(8)17)16(21)10-3-7-4-12(19)20-6-11(7)24-10/h3-6H,1-2H3,(H2,19,20). The van der Waals surface area contributed by atoms with Gasteiger partial charge in [-0.1, -0.05) is 0 Å². The zero-order valence-corrected chi connectivity index (χ0v) is 12.7. The normalized spacial score (nSPS) is 10.8. The molecule has 24 heavy (non-hydrogen) atoms. The van der Waals surface area contributed by atoms with Gasteiger partial charge in [-0.2, -0.15) is 0 Å². The lowest BCUT2D eigenvalue weighted by atomic mass is 10.1. The molecule has 6 nitrogen and oxygen atoms in total. The number of hydrogen-bond acceptors (Lipinski definition) is 6. The minimum atomic E-state index is -1.14. The van der Waals surface area contributed by atoms with Gasteiger partial charge in [-0.15, -0.1) is 0 Å². The number of ether oxygens (including phenoxy) is 2. The van der Waals surface area contributed by atoms with E-state index in [9.17, 15) is 13.6 Å². The monoisotopic (exact) mass is 334 g/mol. The summed E-state index contributed by atoms with van der Waals surface area (Å²) in [6.45, 7) is 0. The maximum atomic E-state index is 14.4. The molecule has 0 saturated carbocycles. The summed E-state index contributed by atoms with van der Waals surface area (Å²) in [5.41, 5.74) is 4.99. The zero-order chi connectivity index (χ0) is 17.4. The summed E-state index contributed by atoms with van der Waals surface area (Å²) in [7, 11) is 2.39. The van der Waals surface area contributed by atoms with Crippen LogP contribution in [0.3, 0.4) is 0 Å². The number of nitrogens with zero attached hydrogens (tertiary/aromatic N) is 1. The quantitative estimate of drug-likeness (QED) is 0.738. The molecule has 0 aliphatic carbocycles. The van der Waals surface area contributed by atoms with E-state index < -0.39 is 23.0 Å². The van der Waals surface area contributed by atoms with Gasteiger partial charge in [0.05, 0.1) is 20.4 Å². The van der Waals surface area contributed by atoms with E-state index >= 15 is 0 Å². The first-order valence-corrected chi connectivity index (χ1v) is 6.76. The molecule has 0 amide bonds. The first-order chi connectivity index (χ1) is 11.5. The number of carbonyl (C=O) groups excluding carboxylic acids is 1. The number of nitrogens with two attached hydrogens (primary N) is 1. The number of furan rings is 1. The van der Waals surface area contributed by atoms with E-state index in [1.807, 2.05) is 0 Å². The highest BCUT2D eigenvalue weighted by Crippen LogP contribution is 2.33. The molecular weight excluding hydrogens is 322 g/mol. The summed E-state index contributed by atoms with van der Waals surface area (Å²) in [5, 5.41) is 0.488. The molecule has 2 heterocycles. The highest BCUT2D eigenvalue weighted by atomic mass is 19.1. The number of pyridine rings is 1. The third-order valence-corrected chi connectivity index (χ3v) is 3.45. The van der Waals surface area contributed by atoms with Crippen LogP contribution in [0.5, 0.6) is 11.5 Å². The van der Waals surface area contributed by atoms with Crippen LogP contribution < -0.4 is 15.2 Å². The fourth-order valence-electron chi connectivity index (χ4n) is 2.28. The van der Waals surface area contributed by atoms with Gasteiger partial charge in [0.25, 0.3) is 0 Å². The zero-order valence-electron chi connectivity index (χ0n) is 12.7. The number of rotatable bonds is 4. The van der Waals surface area contributed by atoms with E-state index in [1.54, 1.807) is 0 Å². The van der Waals surface area contributed by atoms with Crippen molar-refractivity contribution < 1.29 is 27.5 Å². The third-order valence-electron chi connectivity index (χ3n) is 3.45. The van der Waals surface area contributed by atoms with Gasteiger partial charge in [-0.3, -0.25) is 4.79 Å². The molecule has 0 atom stereocenters. The lowest BCUT2D eigenvalue weighted by molar-refractivity contribution is 0.100. The van der Waals surface area contributed by atoms with Crippen LogP contribution in [0.4, 0.5) is 14.6 Å². The summed E-state index contributed by atoms with van der Waals surface area (Å²) >= 11 is 0. The second kappa shape index (κ2) is 5.80. The molecule has 2 N–H and O–H groups in total. The van der Waals surface area contributed by atoms with Crippen molar-refractivity contribution >= 4 is 22.6 Å². The molecule has 2 aromatic heterocycles. The van der Waals surface area contributed by atoms with Gasteiger partial charge in [0.2, 0.25) is 5.78 Å². The Hall–Kier alpha value is -3.16. The number of carbonyl (C=O) groups is 1. The van der Waals surface area contributed by atoms with E-state index in [4.69, 9.17) is 19.6 Å². The molecule has 0 aliphatic rings. The maximum absolute atomic E-state index is 14.4. The van der Waals surface area contributed by atoms with Gasteiger partial charge >= 0.3 is 0 Å². The van der Waals surface area contributed by atoms with E-state index in [0.717, 1.165) is 6.07 Å². The molecule has 0 unspecified atom stereocenters. The number of benzene rings is 1. The lowest BCUT2D eigenvalue weighted by Gasteiger charge is -2.10. The van der Waals surface area contributed by atoms with Crippen LogP contribution in [-0.2, 0) is 0 Å². The number of anilines is 1. The summed E-state index contributed by atoms with van der Waals surface area (Å²) in [4.78, 5) is 16.4. The van der Waals surface area contributed by atoms with Gasteiger partial charge < -0.3 is 19.6 Å². The first-order valence-electron chi connectivity index (χ1n) is 6.76. The Labute approximate surface area is 134 Å². The van der Waals surface area contributed by atoms with Gasteiger partial charge in [-0.25, -0.2) is 13.8 Å². The molecule has 0 bridgehead atoms. The van der Waals surface area contributed by atoms with E-state index in [2.05, 4.69) is 4.98 Å². The largest absolute Gasteiger partial charge is 0.494 e. The number of hydrogen-bond donors (Lipinski definition) is 1. The second-order valence-corrected chi connectivity index (χ2v) is 4.87. The van der Waals surface area contributed by atoms with Crippen LogP contribution in [0, 0.1) is 11.6 Å². The molecule has 1 aromatic carbocycles. The summed E-state index contributed by atoms with van der Waals surface area (Å²) < 4.78 is 43.7. The molecule has 0 fully saturated rings. The molecule has 0 radical (unpaired) electrons. The number of aromatic nitrogens is 1. The number of halogens is 2. The maximum Gasteiger partial charge on any atom is 0.234 e. The van der Waals surface area contributed by atoms with Crippen LogP contribution in [0.1, 0.15) is 16.1 Å². The Morgan fingerprint density at radius 3 is 2.33 bits per heavy atom. The van der Waals surface area contributed by atoms with Crippen LogP contribution in [-0.4, -0.2) is 25.0 Å². The van der Waals surface area contributed by atoms with Gasteiger partial charge in [0.1, 0.15) is 11.4 Å². The van der Waals surface area contributed by atoms with Crippen LogP contribution >= 0.6 is 0 Å². The van der Waals surface area contributed by atoms with Gasteiger partial charge in [0.15, 0.2) is 34.5 Å². The fourth-order valence-corrected chi connectivity index (χ4v) is 2.28. The van der Waals surface area contributed by atoms with Crippen LogP contribution in [0.2, 0.25) is 0 Å². The smallest absolute Gasteiger partial charge is 0.234 e. The van der Waals surface area contributed by atoms with Crippen LogP contribution in [0.25, 0.3) is 11.0 Å². The van der Waals surface area contributed by atoms with Crippen molar-refractivity contribution in [3.8, 4) is 11.5 Å². The second-order valence-electron chi connectivity index (χ2n) is 4.87. The predicted octanol–water partition coefficient (Wildman–Crippen LogP) is 2.94. The summed E-state index contributed by atoms with van der Waals surface area (Å²) in [6, 6.07) is 3.83. The molecule has 0 spiro atoms. The Bertz CT molecular complexity index is 925. The topological polar surface area (TPSA) is 87.6 Å². The molecule has 3 aromatic rings. The van der Waals surface area contributed by atoms with Crippen molar-refractivity contribution in [3.63, 3.8) is 0 Å². The van der Waals surface area contributed by atoms with Gasteiger partial charge in [0, 0.05) is 11.5 Å². The van der Waals surface area contributed by atoms with E-state index in [-0.39, 0.29) is 28.7 Å². The highest BCUT2D eigenvalue weighted by molar-refractivity contribution is 6.09. The summed E-state index contributed by atoms with van der Waals surface area (Å²) in [5.74, 6) is -3.94. The van der Waals surface area contributed by atoms with Crippen molar-refractivity contribution in [2.75, 3.05) is 20.0 Å².